The van der Waals surface area contributed by atoms with Gasteiger partial charge in [-0.3, -0.25) is 0 Å². The van der Waals surface area contributed by atoms with Gasteiger partial charge >= 0.3 is 0 Å². The van der Waals surface area contributed by atoms with E-state index in [1.165, 1.54) is 5.69 Å². The Bertz CT molecular complexity index is 327. The highest BCUT2D eigenvalue weighted by Crippen LogP contribution is 2.14. The second-order valence-corrected chi connectivity index (χ2v) is 4.06. The minimum absolute atomic E-state index is 0.505. The van der Waals surface area contributed by atoms with E-state index in [9.17, 15) is 0 Å². The maximum atomic E-state index is 5.21. The Morgan fingerprint density at radius 3 is 2.86 bits per heavy atom. The molecule has 0 aliphatic heterocycles. The minimum atomic E-state index is 0.505. The Morgan fingerprint density at radius 2 is 2.29 bits per heavy atom. The average Bonchev–Trinajstić information content (AvgIpc) is 2.48. The molecule has 3 nitrogen and oxygen atoms in total. The third kappa shape index (κ3) is 2.69. The molecule has 1 heterocycles. The number of imidazole rings is 1. The van der Waals surface area contributed by atoms with Crippen LogP contribution in [0.2, 0.25) is 0 Å². The minimum Gasteiger partial charge on any atom is -0.385 e. The van der Waals surface area contributed by atoms with Crippen molar-refractivity contribution >= 4 is 12.2 Å². The van der Waals surface area contributed by atoms with Gasteiger partial charge in [0.25, 0.3) is 0 Å². The van der Waals surface area contributed by atoms with E-state index in [0.29, 0.717) is 5.92 Å². The molecule has 4 heteroatoms. The summed E-state index contributed by atoms with van der Waals surface area (Å²) in [5.74, 6) is 0.505. The first-order valence-electron chi connectivity index (χ1n) is 4.94. The Balaban J connectivity index is 2.73. The van der Waals surface area contributed by atoms with E-state index in [0.717, 1.165) is 24.3 Å². The number of nitrogens with one attached hydrogen (secondary N) is 1. The maximum Gasteiger partial charge on any atom is 0.177 e. The number of aromatic amines is 1. The molecule has 0 spiro atoms. The fourth-order valence-electron chi connectivity index (χ4n) is 1.48. The number of nitrogens with zero attached hydrogens (tertiary/aromatic N) is 1. The van der Waals surface area contributed by atoms with E-state index in [1.807, 2.05) is 6.20 Å². The molecule has 0 fully saturated rings. The third-order valence-corrected chi connectivity index (χ3v) is 2.56. The summed E-state index contributed by atoms with van der Waals surface area (Å²) >= 11 is 5.21. The molecule has 14 heavy (non-hydrogen) atoms. The van der Waals surface area contributed by atoms with Crippen LogP contribution in [0.1, 0.15) is 31.9 Å². The van der Waals surface area contributed by atoms with Crippen LogP contribution >= 0.6 is 12.2 Å². The topological polar surface area (TPSA) is 29.9 Å². The number of H-pyrrole nitrogens is 1. The molecule has 1 aromatic heterocycles. The first-order valence-corrected chi connectivity index (χ1v) is 5.34. The standard InChI is InChI=1S/C10H18N2OS/c1-8(2)9-7-11-10(14)12(9)5-4-6-13-3/h7-8H,4-6H2,1-3H3,(H,11,14). The largest absolute Gasteiger partial charge is 0.385 e. The number of hydrogen-bond acceptors (Lipinski definition) is 2. The number of rotatable bonds is 5. The molecule has 1 aromatic rings. The molecule has 1 N–H and O–H groups in total. The Morgan fingerprint density at radius 1 is 1.57 bits per heavy atom. The summed E-state index contributed by atoms with van der Waals surface area (Å²) in [6.07, 6.45) is 3.00. The summed E-state index contributed by atoms with van der Waals surface area (Å²) in [6.45, 7) is 6.06. The van der Waals surface area contributed by atoms with Crippen LogP contribution in [0.15, 0.2) is 6.20 Å². The SMILES string of the molecule is COCCCn1c(C(C)C)c[nH]c1=S. The molecule has 0 saturated heterocycles. The van der Waals surface area contributed by atoms with Gasteiger partial charge in [0.2, 0.25) is 0 Å². The highest BCUT2D eigenvalue weighted by atomic mass is 32.1. The van der Waals surface area contributed by atoms with E-state index in [1.54, 1.807) is 7.11 Å². The molecule has 0 saturated carbocycles. The fourth-order valence-corrected chi connectivity index (χ4v) is 1.74. The first kappa shape index (κ1) is 11.5. The summed E-state index contributed by atoms with van der Waals surface area (Å²) in [6, 6.07) is 0. The Hall–Kier alpha value is -0.610. The molecule has 0 bridgehead atoms. The van der Waals surface area contributed by atoms with Gasteiger partial charge < -0.3 is 14.3 Å². The molecule has 1 rings (SSSR count). The van der Waals surface area contributed by atoms with Gasteiger partial charge in [-0.2, -0.15) is 0 Å². The lowest BCUT2D eigenvalue weighted by molar-refractivity contribution is 0.190. The predicted molar refractivity (Wildman–Crippen MR) is 60.2 cm³/mol. The van der Waals surface area contributed by atoms with E-state index in [4.69, 9.17) is 17.0 Å². The van der Waals surface area contributed by atoms with Crippen LogP contribution in [0.4, 0.5) is 0 Å². The van der Waals surface area contributed by atoms with Crippen LogP contribution in [0.25, 0.3) is 0 Å². The molecule has 0 amide bonds. The van der Waals surface area contributed by atoms with Crippen molar-refractivity contribution in [2.45, 2.75) is 32.7 Å². The summed E-state index contributed by atoms with van der Waals surface area (Å²) in [5.41, 5.74) is 1.27. The van der Waals surface area contributed by atoms with Crippen molar-refractivity contribution in [1.82, 2.24) is 9.55 Å². The molecule has 0 unspecified atom stereocenters. The second kappa shape index (κ2) is 5.32. The monoisotopic (exact) mass is 214 g/mol. The summed E-state index contributed by atoms with van der Waals surface area (Å²) < 4.78 is 7.98. The lowest BCUT2D eigenvalue weighted by Gasteiger charge is -2.10. The second-order valence-electron chi connectivity index (χ2n) is 3.67. The fraction of sp³-hybridized carbons (Fsp3) is 0.700. The van der Waals surface area contributed by atoms with E-state index >= 15 is 0 Å². The lowest BCUT2D eigenvalue weighted by Crippen LogP contribution is -2.06. The van der Waals surface area contributed by atoms with E-state index < -0.39 is 0 Å². The van der Waals surface area contributed by atoms with Crippen LogP contribution < -0.4 is 0 Å². The molecular formula is C10H18N2OS. The van der Waals surface area contributed by atoms with Crippen molar-refractivity contribution in [2.24, 2.45) is 0 Å². The van der Waals surface area contributed by atoms with Gasteiger partial charge in [-0.05, 0) is 24.6 Å². The quantitative estimate of drug-likeness (QED) is 0.603. The van der Waals surface area contributed by atoms with Crippen LogP contribution in [0, 0.1) is 4.77 Å². The smallest absolute Gasteiger partial charge is 0.177 e. The summed E-state index contributed by atoms with van der Waals surface area (Å²) in [5, 5.41) is 0. The van der Waals surface area contributed by atoms with Gasteiger partial charge in [-0.15, -0.1) is 0 Å². The zero-order valence-electron chi connectivity index (χ0n) is 9.04. The van der Waals surface area contributed by atoms with Crippen molar-refractivity contribution in [3.05, 3.63) is 16.7 Å². The van der Waals surface area contributed by atoms with E-state index in [2.05, 4.69) is 23.4 Å². The highest BCUT2D eigenvalue weighted by molar-refractivity contribution is 7.71. The highest BCUT2D eigenvalue weighted by Gasteiger charge is 2.06. The third-order valence-electron chi connectivity index (χ3n) is 2.22. The molecule has 80 valence electrons. The van der Waals surface area contributed by atoms with Crippen molar-refractivity contribution in [3.8, 4) is 0 Å². The van der Waals surface area contributed by atoms with Gasteiger partial charge in [0.05, 0.1) is 0 Å². The number of ether oxygens (including phenoxy) is 1. The maximum absolute atomic E-state index is 5.21. The molecule has 0 aliphatic carbocycles. The van der Waals surface area contributed by atoms with Crippen LogP contribution in [-0.2, 0) is 11.3 Å². The molecule has 0 atom stereocenters. The van der Waals surface area contributed by atoms with Gasteiger partial charge in [0.15, 0.2) is 4.77 Å². The zero-order valence-corrected chi connectivity index (χ0v) is 9.86. The van der Waals surface area contributed by atoms with Crippen molar-refractivity contribution < 1.29 is 4.74 Å². The lowest BCUT2D eigenvalue weighted by atomic mass is 10.1. The predicted octanol–water partition coefficient (Wildman–Crippen LogP) is 2.71. The van der Waals surface area contributed by atoms with Gasteiger partial charge in [0.1, 0.15) is 0 Å². The van der Waals surface area contributed by atoms with Crippen LogP contribution in [0.5, 0.6) is 0 Å². The number of methoxy groups -OCH3 is 1. The number of aromatic nitrogens is 2. The van der Waals surface area contributed by atoms with Gasteiger partial charge in [-0.1, -0.05) is 13.8 Å². The summed E-state index contributed by atoms with van der Waals surface area (Å²) in [4.78, 5) is 3.08. The first-order chi connectivity index (χ1) is 6.66. The average molecular weight is 214 g/mol. The number of hydrogen-bond donors (Lipinski definition) is 1. The van der Waals surface area contributed by atoms with Crippen LogP contribution in [0.3, 0.4) is 0 Å². The molecule has 0 aliphatic rings. The zero-order chi connectivity index (χ0) is 10.6. The Kier molecular flexibility index (Phi) is 4.35. The van der Waals surface area contributed by atoms with Crippen molar-refractivity contribution in [2.75, 3.05) is 13.7 Å². The molecule has 0 radical (unpaired) electrons. The van der Waals surface area contributed by atoms with Crippen LogP contribution in [-0.4, -0.2) is 23.3 Å². The summed E-state index contributed by atoms with van der Waals surface area (Å²) in [7, 11) is 1.72. The normalized spacial score (nSPS) is 11.1. The van der Waals surface area contributed by atoms with Gasteiger partial charge in [-0.25, -0.2) is 0 Å². The van der Waals surface area contributed by atoms with Crippen molar-refractivity contribution in [1.29, 1.82) is 0 Å². The van der Waals surface area contributed by atoms with Gasteiger partial charge in [0, 0.05) is 32.2 Å². The van der Waals surface area contributed by atoms with E-state index in [-0.39, 0.29) is 0 Å². The molecule has 0 aromatic carbocycles. The molecular weight excluding hydrogens is 196 g/mol. The van der Waals surface area contributed by atoms with Crippen molar-refractivity contribution in [3.63, 3.8) is 0 Å². The Labute approximate surface area is 90.1 Å².